The van der Waals surface area contributed by atoms with E-state index in [0.29, 0.717) is 5.92 Å². The number of nitrogens with one attached hydrogen (secondary N) is 1. The molecule has 0 radical (unpaired) electrons. The summed E-state index contributed by atoms with van der Waals surface area (Å²) in [5.74, 6) is 0.514. The molecule has 0 aromatic carbocycles. The van der Waals surface area contributed by atoms with Crippen molar-refractivity contribution in [2.45, 2.75) is 32.6 Å². The highest BCUT2D eigenvalue weighted by atomic mass is 14.9. The summed E-state index contributed by atoms with van der Waals surface area (Å²) in [5.41, 5.74) is 3.95. The predicted octanol–water partition coefficient (Wildman–Crippen LogP) is 2.56. The zero-order valence-corrected chi connectivity index (χ0v) is 8.30. The smallest absolute Gasteiger partial charge is 0.0662 e. The minimum Gasteiger partial charge on any atom is -0.383 e. The van der Waals surface area contributed by atoms with Gasteiger partial charge in [0, 0.05) is 12.7 Å². The number of hydrogen-bond donors (Lipinski definition) is 1. The summed E-state index contributed by atoms with van der Waals surface area (Å²) in [6, 6.07) is 2.13. The van der Waals surface area contributed by atoms with Gasteiger partial charge >= 0.3 is 0 Å². The summed E-state index contributed by atoms with van der Waals surface area (Å²) < 4.78 is 0. The van der Waals surface area contributed by atoms with Crippen LogP contribution in [0, 0.1) is 0 Å². The average molecular weight is 176 g/mol. The molecule has 0 spiro atoms. The first-order chi connectivity index (χ1) is 6.29. The highest BCUT2D eigenvalue weighted by Gasteiger charge is 2.14. The molecule has 1 aliphatic rings. The Labute approximate surface area is 79.4 Å². The van der Waals surface area contributed by atoms with Gasteiger partial charge in [-0.15, -0.1) is 0 Å². The first kappa shape index (κ1) is 8.54. The van der Waals surface area contributed by atoms with Crippen LogP contribution >= 0.6 is 0 Å². The SMILES string of the molecule is CC(C)c1nccc2c1NCCC2. The van der Waals surface area contributed by atoms with E-state index in [9.17, 15) is 0 Å². The second-order valence-corrected chi connectivity index (χ2v) is 3.92. The molecule has 0 aliphatic carbocycles. The molecule has 2 rings (SSSR count). The van der Waals surface area contributed by atoms with Crippen molar-refractivity contribution in [3.05, 3.63) is 23.5 Å². The third-order valence-electron chi connectivity index (χ3n) is 2.54. The molecule has 0 saturated heterocycles. The van der Waals surface area contributed by atoms with Crippen LogP contribution in [0.25, 0.3) is 0 Å². The molecule has 2 heteroatoms. The molecule has 1 aromatic rings. The van der Waals surface area contributed by atoms with E-state index in [1.807, 2.05) is 6.20 Å². The molecule has 0 amide bonds. The van der Waals surface area contributed by atoms with Crippen molar-refractivity contribution in [1.29, 1.82) is 0 Å². The lowest BCUT2D eigenvalue weighted by Gasteiger charge is -2.21. The number of anilines is 1. The molecule has 1 aromatic heterocycles. The maximum absolute atomic E-state index is 4.43. The lowest BCUT2D eigenvalue weighted by Crippen LogP contribution is -2.15. The quantitative estimate of drug-likeness (QED) is 0.711. The Morgan fingerprint density at radius 3 is 3.08 bits per heavy atom. The minimum atomic E-state index is 0.514. The third-order valence-corrected chi connectivity index (χ3v) is 2.54. The maximum Gasteiger partial charge on any atom is 0.0662 e. The van der Waals surface area contributed by atoms with Crippen molar-refractivity contribution < 1.29 is 0 Å². The first-order valence-electron chi connectivity index (χ1n) is 5.00. The standard InChI is InChI=1S/C11H16N2/c1-8(2)10-11-9(5-7-13-10)4-3-6-12-11/h5,7-8,12H,3-4,6H2,1-2H3. The van der Waals surface area contributed by atoms with E-state index in [0.717, 1.165) is 6.54 Å². The van der Waals surface area contributed by atoms with E-state index in [2.05, 4.69) is 30.2 Å². The molecule has 0 fully saturated rings. The highest BCUT2D eigenvalue weighted by molar-refractivity contribution is 5.57. The Bertz CT molecular complexity index is 305. The normalized spacial score (nSPS) is 15.3. The van der Waals surface area contributed by atoms with Crippen molar-refractivity contribution in [2.75, 3.05) is 11.9 Å². The third kappa shape index (κ3) is 1.53. The van der Waals surface area contributed by atoms with Crippen LogP contribution in [0.3, 0.4) is 0 Å². The van der Waals surface area contributed by atoms with Crippen LogP contribution in [-0.4, -0.2) is 11.5 Å². The Balaban J connectivity index is 2.46. The zero-order valence-electron chi connectivity index (χ0n) is 8.30. The number of aromatic nitrogens is 1. The monoisotopic (exact) mass is 176 g/mol. The van der Waals surface area contributed by atoms with Gasteiger partial charge in [-0.2, -0.15) is 0 Å². The Hall–Kier alpha value is -1.05. The first-order valence-corrected chi connectivity index (χ1v) is 5.00. The summed E-state index contributed by atoms with van der Waals surface area (Å²) >= 11 is 0. The van der Waals surface area contributed by atoms with Gasteiger partial charge in [-0.25, -0.2) is 0 Å². The zero-order chi connectivity index (χ0) is 9.26. The molecule has 0 atom stereocenters. The van der Waals surface area contributed by atoms with Gasteiger partial charge in [0.1, 0.15) is 0 Å². The van der Waals surface area contributed by atoms with E-state index < -0.39 is 0 Å². The molecule has 2 nitrogen and oxygen atoms in total. The topological polar surface area (TPSA) is 24.9 Å². The number of aryl methyl sites for hydroxylation is 1. The number of rotatable bonds is 1. The molecule has 0 bridgehead atoms. The summed E-state index contributed by atoms with van der Waals surface area (Å²) in [6.45, 7) is 5.48. The Morgan fingerprint density at radius 1 is 1.46 bits per heavy atom. The van der Waals surface area contributed by atoms with Crippen molar-refractivity contribution in [3.63, 3.8) is 0 Å². The molecule has 70 valence electrons. The molecular formula is C11H16N2. The van der Waals surface area contributed by atoms with Crippen LogP contribution in [-0.2, 0) is 6.42 Å². The number of fused-ring (bicyclic) bond motifs is 1. The lowest BCUT2D eigenvalue weighted by molar-refractivity contribution is 0.779. The van der Waals surface area contributed by atoms with Crippen LogP contribution in [0.2, 0.25) is 0 Å². The molecule has 1 aliphatic heterocycles. The molecule has 1 N–H and O–H groups in total. The van der Waals surface area contributed by atoms with Crippen LogP contribution < -0.4 is 5.32 Å². The van der Waals surface area contributed by atoms with Crippen LogP contribution in [0.15, 0.2) is 12.3 Å². The summed E-state index contributed by atoms with van der Waals surface area (Å²) in [6.07, 6.45) is 4.38. The van der Waals surface area contributed by atoms with E-state index in [4.69, 9.17) is 0 Å². The summed E-state index contributed by atoms with van der Waals surface area (Å²) in [5, 5.41) is 3.45. The molecule has 0 saturated carbocycles. The number of nitrogens with zero attached hydrogens (tertiary/aromatic N) is 1. The van der Waals surface area contributed by atoms with Crippen molar-refractivity contribution >= 4 is 5.69 Å². The van der Waals surface area contributed by atoms with E-state index in [1.165, 1.54) is 29.8 Å². The van der Waals surface area contributed by atoms with Crippen molar-refractivity contribution in [1.82, 2.24) is 4.98 Å². The van der Waals surface area contributed by atoms with Gasteiger partial charge in [0.25, 0.3) is 0 Å². The van der Waals surface area contributed by atoms with Crippen molar-refractivity contribution in [3.8, 4) is 0 Å². The van der Waals surface area contributed by atoms with Gasteiger partial charge < -0.3 is 5.32 Å². The fraction of sp³-hybridized carbons (Fsp3) is 0.545. The fourth-order valence-electron chi connectivity index (χ4n) is 1.86. The Kier molecular flexibility index (Phi) is 2.21. The Morgan fingerprint density at radius 2 is 2.31 bits per heavy atom. The van der Waals surface area contributed by atoms with E-state index in [-0.39, 0.29) is 0 Å². The molecule has 2 heterocycles. The molecule has 0 unspecified atom stereocenters. The number of pyridine rings is 1. The van der Waals surface area contributed by atoms with Gasteiger partial charge in [0.15, 0.2) is 0 Å². The molecule has 13 heavy (non-hydrogen) atoms. The highest BCUT2D eigenvalue weighted by Crippen LogP contribution is 2.28. The summed E-state index contributed by atoms with van der Waals surface area (Å²) in [4.78, 5) is 4.43. The van der Waals surface area contributed by atoms with Gasteiger partial charge in [-0.1, -0.05) is 13.8 Å². The maximum atomic E-state index is 4.43. The van der Waals surface area contributed by atoms with E-state index >= 15 is 0 Å². The van der Waals surface area contributed by atoms with E-state index in [1.54, 1.807) is 0 Å². The second-order valence-electron chi connectivity index (χ2n) is 3.92. The minimum absolute atomic E-state index is 0.514. The van der Waals surface area contributed by atoms with Crippen molar-refractivity contribution in [2.24, 2.45) is 0 Å². The lowest BCUT2D eigenvalue weighted by atomic mass is 9.99. The number of hydrogen-bond acceptors (Lipinski definition) is 2. The molecular weight excluding hydrogens is 160 g/mol. The second kappa shape index (κ2) is 3.36. The van der Waals surface area contributed by atoms with Gasteiger partial charge in [-0.3, -0.25) is 4.98 Å². The fourth-order valence-corrected chi connectivity index (χ4v) is 1.86. The van der Waals surface area contributed by atoms with Gasteiger partial charge in [0.05, 0.1) is 11.4 Å². The van der Waals surface area contributed by atoms with Crippen LogP contribution in [0.4, 0.5) is 5.69 Å². The van der Waals surface area contributed by atoms with Gasteiger partial charge in [-0.05, 0) is 30.4 Å². The predicted molar refractivity (Wildman–Crippen MR) is 55.1 cm³/mol. The van der Waals surface area contributed by atoms with Crippen LogP contribution in [0.1, 0.15) is 37.4 Å². The van der Waals surface area contributed by atoms with Crippen LogP contribution in [0.5, 0.6) is 0 Å². The average Bonchev–Trinajstić information content (AvgIpc) is 2.17. The largest absolute Gasteiger partial charge is 0.383 e. The van der Waals surface area contributed by atoms with Gasteiger partial charge in [0.2, 0.25) is 0 Å². The summed E-state index contributed by atoms with van der Waals surface area (Å²) in [7, 11) is 0.